The lowest BCUT2D eigenvalue weighted by molar-refractivity contribution is -0.0261. The third-order valence-corrected chi connectivity index (χ3v) is 4.35. The summed E-state index contributed by atoms with van der Waals surface area (Å²) in [6, 6.07) is 4.85. The molecule has 1 fully saturated rings. The summed E-state index contributed by atoms with van der Waals surface area (Å²) in [6.07, 6.45) is 1.46. The largest absolute Gasteiger partial charge is 0.374 e. The minimum Gasteiger partial charge on any atom is -0.374 e. The molecule has 1 saturated heterocycles. The molecule has 2 unspecified atom stereocenters. The van der Waals surface area contributed by atoms with Gasteiger partial charge in [-0.1, -0.05) is 13.0 Å². The van der Waals surface area contributed by atoms with Crippen molar-refractivity contribution in [1.29, 1.82) is 0 Å². The molecule has 1 aliphatic rings. The average molecular weight is 268 g/mol. The van der Waals surface area contributed by atoms with Crippen LogP contribution in [0.25, 0.3) is 0 Å². The molecule has 2 rings (SSSR count). The summed E-state index contributed by atoms with van der Waals surface area (Å²) in [6.45, 7) is 9.58. The van der Waals surface area contributed by atoms with Gasteiger partial charge in [-0.2, -0.15) is 0 Å². The number of rotatable bonds is 6. The van der Waals surface area contributed by atoms with Gasteiger partial charge in [0.2, 0.25) is 0 Å². The lowest BCUT2D eigenvalue weighted by Crippen LogP contribution is -2.47. The van der Waals surface area contributed by atoms with E-state index in [0.29, 0.717) is 12.1 Å². The highest BCUT2D eigenvalue weighted by molar-refractivity contribution is 7.09. The molecular formula is C14H24N2OS. The van der Waals surface area contributed by atoms with E-state index in [1.807, 2.05) is 11.3 Å². The molecule has 0 aliphatic carbocycles. The van der Waals surface area contributed by atoms with Crippen LogP contribution in [0.2, 0.25) is 0 Å². The van der Waals surface area contributed by atoms with E-state index in [9.17, 15) is 0 Å². The smallest absolute Gasteiger partial charge is 0.0826 e. The second-order valence-corrected chi connectivity index (χ2v) is 6.01. The van der Waals surface area contributed by atoms with E-state index in [1.54, 1.807) is 0 Å². The first-order valence-electron chi connectivity index (χ1n) is 6.87. The maximum absolute atomic E-state index is 5.79. The van der Waals surface area contributed by atoms with Crippen LogP contribution in [0.4, 0.5) is 0 Å². The summed E-state index contributed by atoms with van der Waals surface area (Å²) >= 11 is 1.84. The first-order chi connectivity index (χ1) is 8.78. The summed E-state index contributed by atoms with van der Waals surface area (Å²) in [5.74, 6) is 0. The highest BCUT2D eigenvalue weighted by Gasteiger charge is 2.19. The highest BCUT2D eigenvalue weighted by Crippen LogP contribution is 2.11. The summed E-state index contributed by atoms with van der Waals surface area (Å²) < 4.78 is 5.79. The van der Waals surface area contributed by atoms with Gasteiger partial charge >= 0.3 is 0 Å². The van der Waals surface area contributed by atoms with Gasteiger partial charge in [0.25, 0.3) is 0 Å². The van der Waals surface area contributed by atoms with E-state index in [0.717, 1.165) is 39.2 Å². The molecule has 1 aromatic rings. The van der Waals surface area contributed by atoms with Crippen LogP contribution in [0, 0.1) is 0 Å². The Morgan fingerprint density at radius 3 is 3.22 bits per heavy atom. The molecule has 0 aromatic carbocycles. The average Bonchev–Trinajstić information content (AvgIpc) is 2.89. The highest BCUT2D eigenvalue weighted by atomic mass is 32.1. The molecule has 0 spiro atoms. The first-order valence-corrected chi connectivity index (χ1v) is 7.75. The Morgan fingerprint density at radius 2 is 2.50 bits per heavy atom. The van der Waals surface area contributed by atoms with Crippen molar-refractivity contribution < 1.29 is 4.74 Å². The van der Waals surface area contributed by atoms with E-state index in [1.165, 1.54) is 4.88 Å². The predicted molar refractivity (Wildman–Crippen MR) is 77.3 cm³/mol. The quantitative estimate of drug-likeness (QED) is 0.854. The van der Waals surface area contributed by atoms with E-state index in [2.05, 4.69) is 41.6 Å². The van der Waals surface area contributed by atoms with E-state index < -0.39 is 0 Å². The summed E-state index contributed by atoms with van der Waals surface area (Å²) in [7, 11) is 0. The Morgan fingerprint density at radius 1 is 1.61 bits per heavy atom. The fourth-order valence-corrected chi connectivity index (χ4v) is 3.16. The molecule has 4 heteroatoms. The van der Waals surface area contributed by atoms with Crippen molar-refractivity contribution in [3.8, 4) is 0 Å². The molecule has 0 bridgehead atoms. The molecule has 0 radical (unpaired) electrons. The summed E-state index contributed by atoms with van der Waals surface area (Å²) in [5, 5.41) is 5.73. The number of likely N-dealkylation sites (N-methyl/N-ethyl adjacent to an activating group) is 1. The van der Waals surface area contributed by atoms with Crippen LogP contribution in [0.3, 0.4) is 0 Å². The summed E-state index contributed by atoms with van der Waals surface area (Å²) in [5.41, 5.74) is 0. The number of morpholine rings is 1. The lowest BCUT2D eigenvalue weighted by atomic mass is 10.2. The van der Waals surface area contributed by atoms with E-state index in [4.69, 9.17) is 4.74 Å². The second-order valence-electron chi connectivity index (χ2n) is 4.98. The topological polar surface area (TPSA) is 24.5 Å². The van der Waals surface area contributed by atoms with Gasteiger partial charge in [0.15, 0.2) is 0 Å². The van der Waals surface area contributed by atoms with Crippen LogP contribution >= 0.6 is 11.3 Å². The van der Waals surface area contributed by atoms with Crippen LogP contribution in [0.1, 0.15) is 18.7 Å². The van der Waals surface area contributed by atoms with Gasteiger partial charge in [-0.3, -0.25) is 4.90 Å². The SMILES string of the molecule is CCN1CCOC(CNC(C)Cc2cccs2)C1. The summed E-state index contributed by atoms with van der Waals surface area (Å²) in [4.78, 5) is 3.91. The third kappa shape index (κ3) is 4.35. The van der Waals surface area contributed by atoms with E-state index in [-0.39, 0.29) is 0 Å². The fourth-order valence-electron chi connectivity index (χ4n) is 2.33. The Kier molecular flexibility index (Phi) is 5.63. The van der Waals surface area contributed by atoms with Crippen LogP contribution in [-0.2, 0) is 11.2 Å². The van der Waals surface area contributed by atoms with Crippen molar-refractivity contribution in [2.24, 2.45) is 0 Å². The van der Waals surface area contributed by atoms with Crippen LogP contribution in [-0.4, -0.2) is 49.8 Å². The Hall–Kier alpha value is -0.420. The minimum atomic E-state index is 0.351. The van der Waals surface area contributed by atoms with Gasteiger partial charge in [0.1, 0.15) is 0 Å². The molecule has 18 heavy (non-hydrogen) atoms. The lowest BCUT2D eigenvalue weighted by Gasteiger charge is -2.32. The van der Waals surface area contributed by atoms with Gasteiger partial charge in [-0.15, -0.1) is 11.3 Å². The van der Waals surface area contributed by atoms with Crippen molar-refractivity contribution >= 4 is 11.3 Å². The maximum Gasteiger partial charge on any atom is 0.0826 e. The molecule has 0 saturated carbocycles. The minimum absolute atomic E-state index is 0.351. The molecule has 102 valence electrons. The van der Waals surface area contributed by atoms with Crippen LogP contribution < -0.4 is 5.32 Å². The Labute approximate surface area is 114 Å². The van der Waals surface area contributed by atoms with Crippen molar-refractivity contribution in [2.45, 2.75) is 32.4 Å². The van der Waals surface area contributed by atoms with Crippen molar-refractivity contribution in [1.82, 2.24) is 10.2 Å². The first kappa shape index (κ1) is 14.0. The molecule has 3 nitrogen and oxygen atoms in total. The molecule has 2 heterocycles. The van der Waals surface area contributed by atoms with Crippen LogP contribution in [0.15, 0.2) is 17.5 Å². The van der Waals surface area contributed by atoms with Crippen molar-refractivity contribution in [3.63, 3.8) is 0 Å². The number of hydrogen-bond donors (Lipinski definition) is 1. The Bertz CT molecular complexity index is 329. The zero-order valence-corrected chi connectivity index (χ0v) is 12.2. The maximum atomic E-state index is 5.79. The number of nitrogens with one attached hydrogen (secondary N) is 1. The molecule has 1 aliphatic heterocycles. The van der Waals surface area contributed by atoms with Gasteiger partial charge in [0, 0.05) is 30.6 Å². The number of nitrogens with zero attached hydrogens (tertiary/aromatic N) is 1. The third-order valence-electron chi connectivity index (χ3n) is 3.45. The molecule has 2 atom stereocenters. The number of hydrogen-bond acceptors (Lipinski definition) is 4. The monoisotopic (exact) mass is 268 g/mol. The predicted octanol–water partition coefficient (Wildman–Crippen LogP) is 1.99. The van der Waals surface area contributed by atoms with Crippen LogP contribution in [0.5, 0.6) is 0 Å². The Balaban J connectivity index is 1.67. The van der Waals surface area contributed by atoms with Crippen molar-refractivity contribution in [2.75, 3.05) is 32.8 Å². The number of ether oxygens (including phenoxy) is 1. The number of thiophene rings is 1. The molecule has 1 N–H and O–H groups in total. The second kappa shape index (κ2) is 7.24. The standard InChI is InChI=1S/C14H24N2OS/c1-3-16-6-7-17-13(11-16)10-15-12(2)9-14-5-4-8-18-14/h4-5,8,12-13,15H,3,6-7,9-11H2,1-2H3. The molecular weight excluding hydrogens is 244 g/mol. The zero-order valence-electron chi connectivity index (χ0n) is 11.4. The fraction of sp³-hybridized carbons (Fsp3) is 0.714. The molecule has 1 aromatic heterocycles. The van der Waals surface area contributed by atoms with Gasteiger partial charge in [-0.25, -0.2) is 0 Å². The van der Waals surface area contributed by atoms with Crippen molar-refractivity contribution in [3.05, 3.63) is 22.4 Å². The normalized spacial score (nSPS) is 23.1. The van der Waals surface area contributed by atoms with Gasteiger partial charge in [-0.05, 0) is 31.3 Å². The van der Waals surface area contributed by atoms with Gasteiger partial charge in [0.05, 0.1) is 12.7 Å². The van der Waals surface area contributed by atoms with E-state index >= 15 is 0 Å². The van der Waals surface area contributed by atoms with Gasteiger partial charge < -0.3 is 10.1 Å². The molecule has 0 amide bonds. The zero-order chi connectivity index (χ0) is 12.8.